The van der Waals surface area contributed by atoms with Crippen molar-refractivity contribution in [2.45, 2.75) is 32.2 Å². The minimum Gasteiger partial charge on any atom is -0.489 e. The Balaban J connectivity index is 1.80. The number of aldehydes is 1. The lowest BCUT2D eigenvalue weighted by Gasteiger charge is -2.17. The molecule has 2 atom stereocenters. The van der Waals surface area contributed by atoms with Gasteiger partial charge in [-0.05, 0) is 29.2 Å². The molecule has 1 aliphatic rings. The van der Waals surface area contributed by atoms with Crippen LogP contribution in [0.5, 0.6) is 0 Å². The molecule has 1 heterocycles. The summed E-state index contributed by atoms with van der Waals surface area (Å²) in [5.41, 5.74) is 3.41. The smallest absolute Gasteiger partial charge is 0.167 e. The third kappa shape index (κ3) is 4.78. The van der Waals surface area contributed by atoms with Crippen molar-refractivity contribution in [2.24, 2.45) is 0 Å². The molecule has 2 aromatic rings. The Morgan fingerprint density at radius 3 is 2.72 bits per heavy atom. The van der Waals surface area contributed by atoms with Gasteiger partial charge in [0.05, 0.1) is 12.6 Å². The lowest BCUT2D eigenvalue weighted by Crippen LogP contribution is -2.33. The molecule has 4 nitrogen and oxygen atoms in total. The molecule has 0 spiro atoms. The molecule has 0 saturated carbocycles. The fourth-order valence-electron chi connectivity index (χ4n) is 2.73. The zero-order chi connectivity index (χ0) is 17.5. The number of nitrogens with one attached hydrogen (secondary N) is 1. The normalized spacial score (nSPS) is 20.4. The van der Waals surface area contributed by atoms with E-state index in [-0.39, 0.29) is 6.04 Å². The first-order valence-electron chi connectivity index (χ1n) is 8.58. The second-order valence-corrected chi connectivity index (χ2v) is 6.04. The molecule has 2 unspecified atom stereocenters. The predicted molar refractivity (Wildman–Crippen MR) is 97.8 cm³/mol. The van der Waals surface area contributed by atoms with Gasteiger partial charge in [0.1, 0.15) is 18.7 Å². The lowest BCUT2D eigenvalue weighted by atomic mass is 10.1. The van der Waals surface area contributed by atoms with E-state index in [1.807, 2.05) is 48.5 Å². The highest BCUT2D eigenvalue weighted by Crippen LogP contribution is 2.19. The lowest BCUT2D eigenvalue weighted by molar-refractivity contribution is -0.109. The van der Waals surface area contributed by atoms with Gasteiger partial charge in [0.15, 0.2) is 6.23 Å². The highest BCUT2D eigenvalue weighted by atomic mass is 16.6. The van der Waals surface area contributed by atoms with Crippen molar-refractivity contribution in [3.63, 3.8) is 0 Å². The van der Waals surface area contributed by atoms with Crippen LogP contribution in [0.15, 0.2) is 60.4 Å². The first-order valence-corrected chi connectivity index (χ1v) is 8.58. The van der Waals surface area contributed by atoms with Gasteiger partial charge in [-0.25, -0.2) is 0 Å². The Kier molecular flexibility index (Phi) is 5.99. The summed E-state index contributed by atoms with van der Waals surface area (Å²) in [6.45, 7) is 2.94. The summed E-state index contributed by atoms with van der Waals surface area (Å²) in [5.74, 6) is 0.682. The van der Waals surface area contributed by atoms with Crippen LogP contribution < -0.4 is 5.32 Å². The molecule has 3 rings (SSSR count). The molecule has 0 aromatic heterocycles. The van der Waals surface area contributed by atoms with Crippen molar-refractivity contribution >= 4 is 12.4 Å². The van der Waals surface area contributed by atoms with E-state index < -0.39 is 6.23 Å². The molecule has 1 saturated heterocycles. The van der Waals surface area contributed by atoms with Gasteiger partial charge in [0, 0.05) is 0 Å². The second-order valence-electron chi connectivity index (χ2n) is 6.04. The summed E-state index contributed by atoms with van der Waals surface area (Å²) in [5, 5.41) is 3.14. The fourth-order valence-corrected chi connectivity index (χ4v) is 2.73. The van der Waals surface area contributed by atoms with Crippen molar-refractivity contribution in [1.82, 2.24) is 5.32 Å². The molecule has 1 aliphatic heterocycles. The maximum absolute atomic E-state index is 11.0. The molecule has 1 N–H and O–H groups in total. The van der Waals surface area contributed by atoms with Crippen molar-refractivity contribution < 1.29 is 14.3 Å². The third-order valence-corrected chi connectivity index (χ3v) is 4.15. The van der Waals surface area contributed by atoms with Crippen LogP contribution >= 0.6 is 0 Å². The molecule has 25 heavy (non-hydrogen) atoms. The second kappa shape index (κ2) is 8.60. The quantitative estimate of drug-likeness (QED) is 0.622. The van der Waals surface area contributed by atoms with Crippen LogP contribution in [0, 0.1) is 0 Å². The SMILES string of the molecule is CCc1cccc(C=C(OCc2ccccc2)C2NC(C=O)CO2)c1. The molecule has 0 aliphatic carbocycles. The number of hydrogen-bond donors (Lipinski definition) is 1. The minimum absolute atomic E-state index is 0.296. The predicted octanol–water partition coefficient (Wildman–Crippen LogP) is 3.32. The van der Waals surface area contributed by atoms with E-state index in [9.17, 15) is 4.79 Å². The Labute approximate surface area is 148 Å². The van der Waals surface area contributed by atoms with Crippen LogP contribution in [-0.2, 0) is 27.3 Å². The van der Waals surface area contributed by atoms with Crippen molar-refractivity contribution in [3.8, 4) is 0 Å². The van der Waals surface area contributed by atoms with Gasteiger partial charge in [-0.15, -0.1) is 0 Å². The van der Waals surface area contributed by atoms with Crippen LogP contribution in [0.2, 0.25) is 0 Å². The van der Waals surface area contributed by atoms with E-state index in [0.29, 0.717) is 19.0 Å². The monoisotopic (exact) mass is 337 g/mol. The number of carbonyl (C=O) groups excluding carboxylic acids is 1. The average molecular weight is 337 g/mol. The highest BCUT2D eigenvalue weighted by molar-refractivity contribution is 5.59. The molecule has 0 amide bonds. The zero-order valence-electron chi connectivity index (χ0n) is 14.4. The standard InChI is InChI=1S/C21H23NO3/c1-2-16-9-6-10-18(11-16)12-20(21-22-19(13-23)15-25-21)24-14-17-7-4-3-5-8-17/h3-13,19,21-22H,2,14-15H2,1H3. The molecule has 0 bridgehead atoms. The third-order valence-electron chi connectivity index (χ3n) is 4.15. The van der Waals surface area contributed by atoms with Crippen molar-refractivity contribution in [3.05, 3.63) is 77.0 Å². The summed E-state index contributed by atoms with van der Waals surface area (Å²) in [6, 6.07) is 18.0. The van der Waals surface area contributed by atoms with Gasteiger partial charge in [0.2, 0.25) is 0 Å². The topological polar surface area (TPSA) is 47.6 Å². The van der Waals surface area contributed by atoms with Gasteiger partial charge >= 0.3 is 0 Å². The van der Waals surface area contributed by atoms with Gasteiger partial charge in [-0.2, -0.15) is 0 Å². The van der Waals surface area contributed by atoms with E-state index in [1.165, 1.54) is 5.56 Å². The Morgan fingerprint density at radius 2 is 2.00 bits per heavy atom. The van der Waals surface area contributed by atoms with Gasteiger partial charge < -0.3 is 14.3 Å². The van der Waals surface area contributed by atoms with Gasteiger partial charge in [-0.3, -0.25) is 5.32 Å². The summed E-state index contributed by atoms with van der Waals surface area (Å²) in [7, 11) is 0. The van der Waals surface area contributed by atoms with Crippen molar-refractivity contribution in [1.29, 1.82) is 0 Å². The summed E-state index contributed by atoms with van der Waals surface area (Å²) in [4.78, 5) is 11.0. The molecule has 1 fully saturated rings. The molecule has 2 aromatic carbocycles. The zero-order valence-corrected chi connectivity index (χ0v) is 14.4. The summed E-state index contributed by atoms with van der Waals surface area (Å²) >= 11 is 0. The molecular weight excluding hydrogens is 314 g/mol. The number of aryl methyl sites for hydroxylation is 1. The van der Waals surface area contributed by atoms with Crippen LogP contribution in [0.4, 0.5) is 0 Å². The number of ether oxygens (including phenoxy) is 2. The fraction of sp³-hybridized carbons (Fsp3) is 0.286. The number of hydrogen-bond acceptors (Lipinski definition) is 4. The Hall–Kier alpha value is -2.43. The van der Waals surface area contributed by atoms with Crippen LogP contribution in [0.1, 0.15) is 23.6 Å². The minimum atomic E-state index is -0.413. The van der Waals surface area contributed by atoms with Crippen LogP contribution in [0.25, 0.3) is 6.08 Å². The number of rotatable bonds is 7. The first kappa shape index (κ1) is 17.4. The first-order chi connectivity index (χ1) is 12.3. The molecule has 4 heteroatoms. The van der Waals surface area contributed by atoms with E-state index in [4.69, 9.17) is 9.47 Å². The summed E-state index contributed by atoms with van der Waals surface area (Å²) < 4.78 is 11.7. The maximum atomic E-state index is 11.0. The Bertz CT molecular complexity index is 727. The number of carbonyl (C=O) groups is 1. The van der Waals surface area contributed by atoms with Crippen molar-refractivity contribution in [2.75, 3.05) is 6.61 Å². The highest BCUT2D eigenvalue weighted by Gasteiger charge is 2.28. The van der Waals surface area contributed by atoms with Crippen LogP contribution in [-0.4, -0.2) is 25.2 Å². The maximum Gasteiger partial charge on any atom is 0.167 e. The summed E-state index contributed by atoms with van der Waals surface area (Å²) in [6.07, 6.45) is 3.41. The average Bonchev–Trinajstić information content (AvgIpc) is 3.15. The van der Waals surface area contributed by atoms with Gasteiger partial charge in [0.25, 0.3) is 0 Å². The van der Waals surface area contributed by atoms with E-state index in [2.05, 4.69) is 24.4 Å². The largest absolute Gasteiger partial charge is 0.489 e. The Morgan fingerprint density at radius 1 is 1.20 bits per heavy atom. The van der Waals surface area contributed by atoms with E-state index >= 15 is 0 Å². The molecule has 130 valence electrons. The van der Waals surface area contributed by atoms with Crippen LogP contribution in [0.3, 0.4) is 0 Å². The van der Waals surface area contributed by atoms with E-state index in [0.717, 1.165) is 23.8 Å². The number of benzene rings is 2. The molecule has 0 radical (unpaired) electrons. The molecular formula is C21H23NO3. The van der Waals surface area contributed by atoms with Gasteiger partial charge in [-0.1, -0.05) is 61.5 Å². The van der Waals surface area contributed by atoms with E-state index in [1.54, 1.807) is 0 Å².